The van der Waals surface area contributed by atoms with Crippen LogP contribution in [0.1, 0.15) is 16.8 Å². The first kappa shape index (κ1) is 22.2. The monoisotopic (exact) mass is 480 g/mol. The van der Waals surface area contributed by atoms with E-state index in [-0.39, 0.29) is 31.9 Å². The van der Waals surface area contributed by atoms with Gasteiger partial charge in [-0.05, 0) is 37.6 Å². The molecule has 0 aliphatic heterocycles. The molecule has 0 atom stereocenters. The van der Waals surface area contributed by atoms with Crippen LogP contribution in [0.25, 0.3) is 32.9 Å². The van der Waals surface area contributed by atoms with Crippen molar-refractivity contribution in [3.63, 3.8) is 0 Å². The van der Waals surface area contributed by atoms with Gasteiger partial charge in [0.2, 0.25) is 9.84 Å². The second kappa shape index (κ2) is 7.70. The van der Waals surface area contributed by atoms with Crippen LogP contribution in [0, 0.1) is 13.8 Å². The number of nitrogens with zero attached hydrogens (tertiary/aromatic N) is 1. The van der Waals surface area contributed by atoms with Gasteiger partial charge in [-0.1, -0.05) is 65.7 Å². The van der Waals surface area contributed by atoms with Crippen molar-refractivity contribution >= 4 is 31.6 Å². The van der Waals surface area contributed by atoms with Crippen LogP contribution in [0.15, 0.2) is 82.7 Å². The van der Waals surface area contributed by atoms with Crippen LogP contribution in [0.2, 0.25) is 0 Å². The van der Waals surface area contributed by atoms with Gasteiger partial charge in [0.1, 0.15) is 5.03 Å². The van der Waals surface area contributed by atoms with Gasteiger partial charge in [0, 0.05) is 16.3 Å². The quantitative estimate of drug-likeness (QED) is 0.307. The summed E-state index contributed by atoms with van der Waals surface area (Å²) in [5, 5.41) is -0.149. The van der Waals surface area contributed by atoms with Crippen LogP contribution in [0.3, 0.4) is 0 Å². The largest absolute Gasteiger partial charge is 0.434 e. The van der Waals surface area contributed by atoms with E-state index in [0.29, 0.717) is 10.9 Å². The zero-order valence-corrected chi connectivity index (χ0v) is 19.1. The number of aromatic nitrogens is 2. The molecule has 1 N–H and O–H groups in total. The highest BCUT2D eigenvalue weighted by atomic mass is 32.2. The van der Waals surface area contributed by atoms with Crippen molar-refractivity contribution in [1.82, 2.24) is 9.97 Å². The van der Waals surface area contributed by atoms with Gasteiger partial charge in [-0.2, -0.15) is 13.2 Å². The molecule has 0 radical (unpaired) electrons. The number of benzene rings is 3. The average molecular weight is 481 g/mol. The highest BCUT2D eigenvalue weighted by Crippen LogP contribution is 2.45. The van der Waals surface area contributed by atoms with E-state index in [9.17, 15) is 21.6 Å². The summed E-state index contributed by atoms with van der Waals surface area (Å²) in [5.41, 5.74) is 1.15. The first-order valence-electron chi connectivity index (χ1n) is 10.5. The fourth-order valence-corrected chi connectivity index (χ4v) is 5.57. The number of H-pyrrole nitrogens is 1. The summed E-state index contributed by atoms with van der Waals surface area (Å²) in [6.07, 6.45) is -4.80. The Labute approximate surface area is 194 Å². The van der Waals surface area contributed by atoms with E-state index in [4.69, 9.17) is 0 Å². The highest BCUT2D eigenvalue weighted by molar-refractivity contribution is 7.91. The summed E-state index contributed by atoms with van der Waals surface area (Å²) in [6, 6.07) is 19.3. The first-order chi connectivity index (χ1) is 16.1. The summed E-state index contributed by atoms with van der Waals surface area (Å²) in [4.78, 5) is 6.77. The minimum absolute atomic E-state index is 0.0103. The third-order valence-electron chi connectivity index (χ3n) is 5.82. The zero-order chi connectivity index (χ0) is 24.3. The van der Waals surface area contributed by atoms with E-state index in [0.717, 1.165) is 11.1 Å². The molecular weight excluding hydrogens is 461 g/mol. The van der Waals surface area contributed by atoms with Crippen molar-refractivity contribution in [2.45, 2.75) is 29.9 Å². The summed E-state index contributed by atoms with van der Waals surface area (Å²) in [5.74, 6) is 0. The lowest BCUT2D eigenvalue weighted by Crippen LogP contribution is -2.09. The van der Waals surface area contributed by atoms with Crippen molar-refractivity contribution in [3.05, 3.63) is 89.6 Å². The normalized spacial score (nSPS) is 12.5. The van der Waals surface area contributed by atoms with Crippen LogP contribution in [0.4, 0.5) is 13.2 Å². The van der Waals surface area contributed by atoms with Crippen molar-refractivity contribution in [2.75, 3.05) is 0 Å². The number of aryl methyl sites for hydroxylation is 2. The molecule has 8 heteroatoms. The van der Waals surface area contributed by atoms with Crippen LogP contribution in [-0.2, 0) is 16.0 Å². The van der Waals surface area contributed by atoms with E-state index < -0.39 is 21.7 Å². The minimum atomic E-state index is -4.80. The summed E-state index contributed by atoms with van der Waals surface area (Å²) < 4.78 is 70.2. The molecule has 0 spiro atoms. The van der Waals surface area contributed by atoms with Crippen molar-refractivity contribution in [2.24, 2.45) is 0 Å². The summed E-state index contributed by atoms with van der Waals surface area (Å²) in [7, 11) is -4.19. The molecule has 34 heavy (non-hydrogen) atoms. The number of hydrogen-bond acceptors (Lipinski definition) is 3. The van der Waals surface area contributed by atoms with Gasteiger partial charge in [0.25, 0.3) is 0 Å². The van der Waals surface area contributed by atoms with Gasteiger partial charge in [-0.25, -0.2) is 13.4 Å². The summed E-state index contributed by atoms with van der Waals surface area (Å²) >= 11 is 0. The Balaban J connectivity index is 1.98. The van der Waals surface area contributed by atoms with Crippen LogP contribution >= 0.6 is 0 Å². The lowest BCUT2D eigenvalue weighted by molar-refractivity contribution is -0.139. The van der Waals surface area contributed by atoms with E-state index in [1.54, 1.807) is 54.6 Å². The van der Waals surface area contributed by atoms with Gasteiger partial charge in [0.15, 0.2) is 5.69 Å². The van der Waals surface area contributed by atoms with Crippen LogP contribution in [-0.4, -0.2) is 18.4 Å². The fraction of sp³-hybridized carbons (Fsp3) is 0.115. The van der Waals surface area contributed by atoms with E-state index in [2.05, 4.69) is 9.97 Å². The van der Waals surface area contributed by atoms with Crippen molar-refractivity contribution in [3.8, 4) is 11.1 Å². The zero-order valence-electron chi connectivity index (χ0n) is 18.2. The third kappa shape index (κ3) is 3.54. The number of nitrogens with one attached hydrogen (secondary N) is 1. The highest BCUT2D eigenvalue weighted by Gasteiger charge is 2.39. The minimum Gasteiger partial charge on any atom is -0.344 e. The molecule has 0 amide bonds. The predicted octanol–water partition coefficient (Wildman–Crippen LogP) is 6.85. The lowest BCUT2D eigenvalue weighted by atomic mass is 10.0. The Morgan fingerprint density at radius 1 is 0.824 bits per heavy atom. The number of fused-ring (bicyclic) bond motifs is 3. The number of rotatable bonds is 3. The van der Waals surface area contributed by atoms with Crippen molar-refractivity contribution < 1.29 is 21.6 Å². The van der Waals surface area contributed by atoms with Gasteiger partial charge >= 0.3 is 6.18 Å². The molecule has 0 bridgehead atoms. The number of halogens is 3. The van der Waals surface area contributed by atoms with E-state index in [1.807, 2.05) is 13.8 Å². The standard InChI is InChI=1S/C26H19F3N2O2S/c1-15-7-11-17(12-8-15)21-22-23(19-5-3-4-6-20(19)30-24(22)26(27,28)29)31-25(21)34(32,33)18-13-9-16(2)10-14-18/h3-14,31H,1-2H3. The third-order valence-corrected chi connectivity index (χ3v) is 7.55. The number of para-hydroxylation sites is 1. The molecule has 5 rings (SSSR count). The number of pyridine rings is 1. The lowest BCUT2D eigenvalue weighted by Gasteiger charge is -2.12. The SMILES string of the molecule is Cc1ccc(-c2c(S(=O)(=O)c3ccc(C)cc3)[nH]c3c2c(C(F)(F)F)nc2ccccc23)cc1. The fourth-order valence-electron chi connectivity index (χ4n) is 4.11. The maximum Gasteiger partial charge on any atom is 0.434 e. The van der Waals surface area contributed by atoms with Gasteiger partial charge in [0.05, 0.1) is 15.9 Å². The van der Waals surface area contributed by atoms with Gasteiger partial charge in [-0.15, -0.1) is 0 Å². The van der Waals surface area contributed by atoms with Crippen LogP contribution in [0.5, 0.6) is 0 Å². The Hall–Kier alpha value is -3.65. The molecule has 0 fully saturated rings. The topological polar surface area (TPSA) is 62.8 Å². The van der Waals surface area contributed by atoms with Crippen LogP contribution < -0.4 is 0 Å². The molecule has 0 unspecified atom stereocenters. The first-order valence-corrected chi connectivity index (χ1v) is 12.0. The van der Waals surface area contributed by atoms with E-state index in [1.165, 1.54) is 18.2 Å². The maximum absolute atomic E-state index is 14.3. The Kier molecular flexibility index (Phi) is 5.02. The smallest absolute Gasteiger partial charge is 0.344 e. The van der Waals surface area contributed by atoms with Gasteiger partial charge in [-0.3, -0.25) is 0 Å². The molecular formula is C26H19F3N2O2S. The number of hydrogen-bond donors (Lipinski definition) is 1. The molecule has 172 valence electrons. The molecule has 4 nitrogen and oxygen atoms in total. The second-order valence-electron chi connectivity index (χ2n) is 8.24. The average Bonchev–Trinajstić information content (AvgIpc) is 3.20. The molecule has 0 saturated carbocycles. The van der Waals surface area contributed by atoms with Crippen molar-refractivity contribution in [1.29, 1.82) is 0 Å². The maximum atomic E-state index is 14.3. The number of aromatic amines is 1. The number of alkyl halides is 3. The van der Waals surface area contributed by atoms with E-state index >= 15 is 0 Å². The molecule has 0 saturated heterocycles. The molecule has 3 aromatic carbocycles. The number of sulfone groups is 1. The Bertz CT molecular complexity index is 1650. The predicted molar refractivity (Wildman–Crippen MR) is 125 cm³/mol. The molecule has 0 aliphatic rings. The Morgan fingerprint density at radius 3 is 2.03 bits per heavy atom. The molecule has 5 aromatic rings. The molecule has 0 aliphatic carbocycles. The molecule has 2 aromatic heterocycles. The Morgan fingerprint density at radius 2 is 1.41 bits per heavy atom. The summed E-state index contributed by atoms with van der Waals surface area (Å²) in [6.45, 7) is 3.67. The van der Waals surface area contributed by atoms with Gasteiger partial charge < -0.3 is 4.98 Å². The second-order valence-corrected chi connectivity index (χ2v) is 10.1. The molecule has 2 heterocycles.